The molecule has 6 heteroatoms. The van der Waals surface area contributed by atoms with Crippen LogP contribution in [0.25, 0.3) is 10.9 Å². The highest BCUT2D eigenvalue weighted by molar-refractivity contribution is 6.38. The lowest BCUT2D eigenvalue weighted by molar-refractivity contribution is 0.415. The third-order valence-corrected chi connectivity index (χ3v) is 2.87. The summed E-state index contributed by atoms with van der Waals surface area (Å²) >= 11 is 11.8. The van der Waals surface area contributed by atoms with E-state index < -0.39 is 11.4 Å². The van der Waals surface area contributed by atoms with E-state index in [1.807, 2.05) is 6.92 Å². The van der Waals surface area contributed by atoms with Crippen LogP contribution in [0.4, 0.5) is 0 Å². The van der Waals surface area contributed by atoms with Crippen molar-refractivity contribution in [3.63, 3.8) is 0 Å². The molecule has 0 saturated carbocycles. The van der Waals surface area contributed by atoms with E-state index in [0.29, 0.717) is 17.1 Å². The van der Waals surface area contributed by atoms with Crippen molar-refractivity contribution < 1.29 is 4.42 Å². The summed E-state index contributed by atoms with van der Waals surface area (Å²) in [6.45, 7) is 2.34. The molecule has 1 aromatic carbocycles. The van der Waals surface area contributed by atoms with Gasteiger partial charge in [-0.05, 0) is 18.6 Å². The van der Waals surface area contributed by atoms with E-state index in [1.54, 1.807) is 0 Å². The van der Waals surface area contributed by atoms with Crippen molar-refractivity contribution in [3.8, 4) is 0 Å². The minimum Gasteiger partial charge on any atom is -0.372 e. The number of hydrogen-bond donors (Lipinski definition) is 0. The van der Waals surface area contributed by atoms with E-state index in [2.05, 4.69) is 4.42 Å². The fourth-order valence-corrected chi connectivity index (χ4v) is 2.30. The zero-order valence-electron chi connectivity index (χ0n) is 9.00. The maximum absolute atomic E-state index is 11.6. The summed E-state index contributed by atoms with van der Waals surface area (Å²) in [6.07, 6.45) is 0.724. The third-order valence-electron chi connectivity index (χ3n) is 2.37. The molecule has 0 aliphatic heterocycles. The first-order valence-corrected chi connectivity index (χ1v) is 5.83. The summed E-state index contributed by atoms with van der Waals surface area (Å²) < 4.78 is 5.96. The normalized spacial score (nSPS) is 11.0. The molecule has 2 rings (SSSR count). The number of benzene rings is 1. The van der Waals surface area contributed by atoms with Gasteiger partial charge in [-0.1, -0.05) is 30.1 Å². The van der Waals surface area contributed by atoms with Crippen LogP contribution in [0, 0.1) is 0 Å². The van der Waals surface area contributed by atoms with Gasteiger partial charge in [-0.3, -0.25) is 4.57 Å². The quantitative estimate of drug-likeness (QED) is 0.845. The van der Waals surface area contributed by atoms with Gasteiger partial charge in [0.2, 0.25) is 0 Å². The Bertz CT molecular complexity index is 687. The van der Waals surface area contributed by atoms with Crippen LogP contribution in [0.15, 0.2) is 26.1 Å². The molecule has 0 radical (unpaired) electrons. The molecule has 0 unspecified atom stereocenters. The lowest BCUT2D eigenvalue weighted by Gasteiger charge is -2.08. The van der Waals surface area contributed by atoms with Crippen LogP contribution in [0.2, 0.25) is 10.0 Å². The molecule has 0 aliphatic carbocycles. The number of fused-ring (bicyclic) bond motifs is 1. The third kappa shape index (κ3) is 2.10. The van der Waals surface area contributed by atoms with Crippen molar-refractivity contribution in [3.05, 3.63) is 43.1 Å². The highest BCUT2D eigenvalue weighted by atomic mass is 35.5. The van der Waals surface area contributed by atoms with Gasteiger partial charge in [0.15, 0.2) is 0 Å². The monoisotopic (exact) mass is 273 g/mol. The van der Waals surface area contributed by atoms with Crippen LogP contribution in [-0.4, -0.2) is 4.57 Å². The second-order valence-electron chi connectivity index (χ2n) is 3.59. The molecule has 90 valence electrons. The molecule has 4 nitrogen and oxygen atoms in total. The summed E-state index contributed by atoms with van der Waals surface area (Å²) in [7, 11) is 0. The van der Waals surface area contributed by atoms with Crippen LogP contribution in [0.1, 0.15) is 13.3 Å². The molecule has 0 spiro atoms. The molecule has 17 heavy (non-hydrogen) atoms. The highest BCUT2D eigenvalue weighted by Gasteiger charge is 2.13. The van der Waals surface area contributed by atoms with Crippen LogP contribution in [0.3, 0.4) is 0 Å². The van der Waals surface area contributed by atoms with Crippen molar-refractivity contribution in [1.29, 1.82) is 0 Å². The first kappa shape index (κ1) is 12.2. The Morgan fingerprint density at radius 1 is 1.29 bits per heavy atom. The highest BCUT2D eigenvalue weighted by Crippen LogP contribution is 2.25. The van der Waals surface area contributed by atoms with Crippen LogP contribution >= 0.6 is 23.2 Å². The van der Waals surface area contributed by atoms with E-state index in [4.69, 9.17) is 23.2 Å². The molecule has 0 bridgehead atoms. The van der Waals surface area contributed by atoms with Crippen LogP contribution < -0.4 is 11.4 Å². The van der Waals surface area contributed by atoms with Crippen LogP contribution in [0.5, 0.6) is 0 Å². The maximum atomic E-state index is 11.6. The topological polar surface area (TPSA) is 52.2 Å². The van der Waals surface area contributed by atoms with E-state index in [-0.39, 0.29) is 10.4 Å². The summed E-state index contributed by atoms with van der Waals surface area (Å²) in [5, 5.41) is 0.818. The van der Waals surface area contributed by atoms with E-state index in [0.717, 1.165) is 6.42 Å². The average Bonchev–Trinajstić information content (AvgIpc) is 2.24. The zero-order chi connectivity index (χ0) is 12.6. The SMILES string of the molecule is CCCn1c(=O)oc(=O)c2cc(Cl)cc(Cl)c21. The summed E-state index contributed by atoms with van der Waals surface area (Å²) in [4.78, 5) is 23.1. The Labute approximate surface area is 106 Å². The van der Waals surface area contributed by atoms with Crippen molar-refractivity contribution >= 4 is 34.1 Å². The number of hydrogen-bond acceptors (Lipinski definition) is 3. The van der Waals surface area contributed by atoms with Gasteiger partial charge in [0.25, 0.3) is 0 Å². The Morgan fingerprint density at radius 2 is 2.00 bits per heavy atom. The second kappa shape index (κ2) is 4.55. The van der Waals surface area contributed by atoms with E-state index in [9.17, 15) is 9.59 Å². The molecular formula is C11H9Cl2NO3. The molecule has 0 N–H and O–H groups in total. The number of rotatable bonds is 2. The van der Waals surface area contributed by atoms with Gasteiger partial charge >= 0.3 is 11.4 Å². The number of nitrogens with zero attached hydrogens (tertiary/aromatic N) is 1. The Morgan fingerprint density at radius 3 is 2.65 bits per heavy atom. The first-order valence-electron chi connectivity index (χ1n) is 5.07. The van der Waals surface area contributed by atoms with E-state index >= 15 is 0 Å². The van der Waals surface area contributed by atoms with Gasteiger partial charge in [-0.25, -0.2) is 9.59 Å². The van der Waals surface area contributed by atoms with Gasteiger partial charge in [0.1, 0.15) is 0 Å². The smallest absolute Gasteiger partial charge is 0.372 e. The van der Waals surface area contributed by atoms with Gasteiger partial charge in [-0.15, -0.1) is 0 Å². The number of aryl methyl sites for hydroxylation is 1. The average molecular weight is 274 g/mol. The Kier molecular flexibility index (Phi) is 3.26. The Balaban J connectivity index is 3.00. The lowest BCUT2D eigenvalue weighted by atomic mass is 10.2. The minimum atomic E-state index is -0.721. The van der Waals surface area contributed by atoms with Crippen molar-refractivity contribution in [2.75, 3.05) is 0 Å². The minimum absolute atomic E-state index is 0.218. The zero-order valence-corrected chi connectivity index (χ0v) is 10.5. The molecule has 1 aromatic heterocycles. The number of aromatic nitrogens is 1. The molecule has 1 heterocycles. The standard InChI is InChI=1S/C11H9Cl2NO3/c1-2-3-14-9-7(10(15)17-11(14)16)4-6(12)5-8(9)13/h4-5H,2-3H2,1H3. The van der Waals surface area contributed by atoms with Crippen LogP contribution in [-0.2, 0) is 6.54 Å². The fraction of sp³-hybridized carbons (Fsp3) is 0.273. The Hall–Kier alpha value is -1.26. The summed E-state index contributed by atoms with van der Waals surface area (Å²) in [6, 6.07) is 2.94. The molecule has 2 aromatic rings. The molecule has 0 saturated heterocycles. The van der Waals surface area contributed by atoms with Gasteiger partial charge in [0.05, 0.1) is 15.9 Å². The maximum Gasteiger partial charge on any atom is 0.422 e. The lowest BCUT2D eigenvalue weighted by Crippen LogP contribution is -2.25. The second-order valence-corrected chi connectivity index (χ2v) is 4.43. The predicted octanol–water partition coefficient (Wildman–Crippen LogP) is 2.67. The summed E-state index contributed by atoms with van der Waals surface area (Å²) in [5.74, 6) is -0.700. The van der Waals surface area contributed by atoms with E-state index in [1.165, 1.54) is 16.7 Å². The van der Waals surface area contributed by atoms with Gasteiger partial charge in [0, 0.05) is 11.6 Å². The van der Waals surface area contributed by atoms with Gasteiger partial charge < -0.3 is 4.42 Å². The summed E-state index contributed by atoms with van der Waals surface area (Å²) in [5.41, 5.74) is -0.346. The predicted molar refractivity (Wildman–Crippen MR) is 67.1 cm³/mol. The van der Waals surface area contributed by atoms with Crippen molar-refractivity contribution in [2.24, 2.45) is 0 Å². The van der Waals surface area contributed by atoms with Crippen molar-refractivity contribution in [1.82, 2.24) is 4.57 Å². The largest absolute Gasteiger partial charge is 0.422 e. The van der Waals surface area contributed by atoms with Crippen molar-refractivity contribution in [2.45, 2.75) is 19.9 Å². The molecule has 0 aliphatic rings. The molecular weight excluding hydrogens is 265 g/mol. The molecule has 0 amide bonds. The fourth-order valence-electron chi connectivity index (χ4n) is 1.70. The first-order chi connectivity index (χ1) is 8.04. The number of halogens is 2. The molecule has 0 fully saturated rings. The van der Waals surface area contributed by atoms with Gasteiger partial charge in [-0.2, -0.15) is 0 Å². The molecule has 0 atom stereocenters.